The number of nitrogens with zero attached hydrogens (tertiary/aromatic N) is 7. The van der Waals surface area contributed by atoms with E-state index in [2.05, 4.69) is 57.4 Å². The van der Waals surface area contributed by atoms with Gasteiger partial charge >= 0.3 is 11.9 Å². The molecule has 0 saturated heterocycles. The van der Waals surface area contributed by atoms with Crippen LogP contribution >= 0.6 is 31.9 Å². The highest BCUT2D eigenvalue weighted by Gasteiger charge is 2.29. The molecule has 0 aliphatic heterocycles. The van der Waals surface area contributed by atoms with E-state index in [4.69, 9.17) is 0 Å². The van der Waals surface area contributed by atoms with E-state index in [0.717, 1.165) is 33.7 Å². The summed E-state index contributed by atoms with van der Waals surface area (Å²) in [5.74, 6) is -3.32. The van der Waals surface area contributed by atoms with E-state index in [1.54, 1.807) is 32.9 Å². The van der Waals surface area contributed by atoms with Gasteiger partial charge in [-0.1, -0.05) is 26.8 Å². The van der Waals surface area contributed by atoms with Gasteiger partial charge in [0.1, 0.15) is 21.6 Å². The Morgan fingerprint density at radius 1 is 0.736 bits per heavy atom. The van der Waals surface area contributed by atoms with Crippen LogP contribution in [0.25, 0.3) is 33.2 Å². The molecule has 6 rings (SSSR count). The molecule has 18 nitrogen and oxygen atoms in total. The van der Waals surface area contributed by atoms with E-state index in [9.17, 15) is 50.8 Å². The second-order valence-corrected chi connectivity index (χ2v) is 16.9. The molecule has 274 valence electrons. The number of fused-ring (bicyclic) bond motifs is 3. The zero-order valence-corrected chi connectivity index (χ0v) is 31.9. The Kier molecular flexibility index (Phi) is 9.28. The largest absolute Gasteiger partial charge is 0.492 e. The predicted molar refractivity (Wildman–Crippen MR) is 193 cm³/mol. The normalized spacial score (nSPS) is 12.7. The van der Waals surface area contributed by atoms with Gasteiger partial charge in [-0.05, 0) is 80.4 Å². The van der Waals surface area contributed by atoms with Crippen LogP contribution < -0.4 is 0 Å². The Morgan fingerprint density at radius 2 is 1.32 bits per heavy atom. The number of rotatable bonds is 8. The van der Waals surface area contributed by atoms with Crippen molar-refractivity contribution in [3.05, 3.63) is 80.4 Å². The molecule has 6 aromatic rings. The average molecular weight is 894 g/mol. The second-order valence-electron chi connectivity index (χ2n) is 12.4. The summed E-state index contributed by atoms with van der Waals surface area (Å²) < 4.78 is 69.2. The molecule has 0 bridgehead atoms. The van der Waals surface area contributed by atoms with Gasteiger partial charge < -0.3 is 15.3 Å². The number of hydrogen-bond acceptors (Lipinski definition) is 12. The van der Waals surface area contributed by atoms with Crippen LogP contribution in [0.15, 0.2) is 83.6 Å². The molecule has 5 N–H and O–H groups in total. The lowest BCUT2D eigenvalue weighted by Crippen LogP contribution is -2.13. The van der Waals surface area contributed by atoms with Crippen LogP contribution in [0.5, 0.6) is 5.88 Å². The van der Waals surface area contributed by atoms with E-state index in [0.29, 0.717) is 20.7 Å². The first-order chi connectivity index (χ1) is 24.5. The molecule has 2 heterocycles. The van der Waals surface area contributed by atoms with Gasteiger partial charge in [-0.25, -0.2) is 9.59 Å². The highest BCUT2D eigenvalue weighted by Crippen LogP contribution is 2.43. The molecule has 2 aromatic heterocycles. The van der Waals surface area contributed by atoms with Crippen molar-refractivity contribution in [3.63, 3.8) is 0 Å². The monoisotopic (exact) mass is 891 g/mol. The van der Waals surface area contributed by atoms with Crippen molar-refractivity contribution in [2.45, 2.75) is 36.0 Å². The third kappa shape index (κ3) is 7.15. The number of benzene rings is 4. The summed E-state index contributed by atoms with van der Waals surface area (Å²) in [4.78, 5) is 23.0. The zero-order valence-electron chi connectivity index (χ0n) is 27.1. The smallest absolute Gasteiger partial charge is 0.335 e. The fourth-order valence-corrected chi connectivity index (χ4v) is 7.91. The Morgan fingerprint density at radius 3 is 1.85 bits per heavy atom. The Bertz CT molecular complexity index is 2770. The molecule has 22 heteroatoms. The zero-order chi connectivity index (χ0) is 38.9. The number of halogens is 2. The molecule has 0 amide bonds. The molecule has 0 saturated carbocycles. The number of carboxylic acid groups (broad SMARTS) is 2. The molecule has 53 heavy (non-hydrogen) atoms. The molecule has 0 radical (unpaired) electrons. The van der Waals surface area contributed by atoms with Crippen LogP contribution in [0.4, 0.5) is 11.4 Å². The van der Waals surface area contributed by atoms with Crippen molar-refractivity contribution in [2.24, 2.45) is 10.2 Å². The fourth-order valence-electron chi connectivity index (χ4n) is 5.25. The summed E-state index contributed by atoms with van der Waals surface area (Å²) in [6.07, 6.45) is 0. The first-order valence-electron chi connectivity index (χ1n) is 14.7. The highest BCUT2D eigenvalue weighted by molar-refractivity contribution is 9.11. The topological polar surface area (TPSA) is 277 Å². The van der Waals surface area contributed by atoms with Crippen molar-refractivity contribution in [1.82, 2.24) is 24.8 Å². The van der Waals surface area contributed by atoms with Crippen LogP contribution in [0.2, 0.25) is 0 Å². The van der Waals surface area contributed by atoms with Gasteiger partial charge in [0.25, 0.3) is 20.2 Å². The lowest BCUT2D eigenvalue weighted by atomic mass is 9.91. The molecule has 0 aliphatic rings. The summed E-state index contributed by atoms with van der Waals surface area (Å²) in [5.41, 5.74) is -0.525. The summed E-state index contributed by atoms with van der Waals surface area (Å²) in [7, 11) is -9.83. The summed E-state index contributed by atoms with van der Waals surface area (Å²) >= 11 is 6.88. The van der Waals surface area contributed by atoms with Crippen molar-refractivity contribution in [1.29, 1.82) is 0 Å². The molecule has 0 atom stereocenters. The minimum Gasteiger partial charge on any atom is -0.492 e. The van der Waals surface area contributed by atoms with E-state index < -0.39 is 53.3 Å². The molecular weight excluding hydrogens is 870 g/mol. The molecule has 0 spiro atoms. The third-order valence-corrected chi connectivity index (χ3v) is 10.6. The van der Waals surface area contributed by atoms with Gasteiger partial charge in [0, 0.05) is 25.1 Å². The van der Waals surface area contributed by atoms with Gasteiger partial charge in [0.05, 0.1) is 33.1 Å². The van der Waals surface area contributed by atoms with Gasteiger partial charge in [0.2, 0.25) is 5.88 Å². The SMILES string of the molecule is CC(C)(C)c1nn(-c2cc(C(=O)O)cc(C(=O)O)c2)c(O)c1N=Nc1c(Br)cc(-n2nc3ccc4c(S(=O)(=O)O)cc(S(=O)(=O)O)cc4c3n2)cc1Br. The van der Waals surface area contributed by atoms with Gasteiger partial charge in [-0.2, -0.15) is 31.4 Å². The number of aromatic carboxylic acids is 2. The van der Waals surface area contributed by atoms with Crippen molar-refractivity contribution in [3.8, 4) is 17.3 Å². The van der Waals surface area contributed by atoms with Crippen LogP contribution in [0.3, 0.4) is 0 Å². The maximum Gasteiger partial charge on any atom is 0.335 e. The Labute approximate surface area is 315 Å². The number of azo groups is 1. The first kappa shape index (κ1) is 37.6. The molecule has 0 unspecified atom stereocenters. The maximum atomic E-state index is 12.1. The van der Waals surface area contributed by atoms with Crippen molar-refractivity contribution < 1.29 is 50.8 Å². The average Bonchev–Trinajstić information content (AvgIpc) is 3.64. The molecular formula is C31H23Br2N7O11S2. The number of aromatic nitrogens is 5. The lowest BCUT2D eigenvalue weighted by Gasteiger charge is -2.15. The standard InChI is InChI=1S/C31H23Br2N7O11S2/c1-31(2,3)27-26(28(41)39(38-27)15-7-13(29(42)43)6-14(8-15)30(44)45)35-34-25-20(32)9-16(10-21(25)33)40-36-22-5-4-18-19(24(22)37-40)11-17(52(46,47)48)12-23(18)53(49,50)51/h4-12,41H,1-3H3,(H,42,43)(H,44,45)(H,46,47,48)(H,49,50,51). The fraction of sp³-hybridized carbons (Fsp3) is 0.129. The second kappa shape index (κ2) is 13.1. The Balaban J connectivity index is 1.44. The first-order valence-corrected chi connectivity index (χ1v) is 19.2. The highest BCUT2D eigenvalue weighted by atomic mass is 79.9. The molecule has 4 aromatic carbocycles. The van der Waals surface area contributed by atoms with Crippen LogP contribution in [-0.4, -0.2) is 78.0 Å². The van der Waals surface area contributed by atoms with Crippen LogP contribution in [0.1, 0.15) is 47.2 Å². The predicted octanol–water partition coefficient (Wildman–Crippen LogP) is 6.59. The number of carboxylic acids is 2. The van der Waals surface area contributed by atoms with Gasteiger partial charge in [-0.3, -0.25) is 9.11 Å². The van der Waals surface area contributed by atoms with Crippen LogP contribution in [-0.2, 0) is 25.7 Å². The minimum atomic E-state index is -4.93. The Hall–Kier alpha value is -5.13. The van der Waals surface area contributed by atoms with Crippen molar-refractivity contribution >= 4 is 97.2 Å². The summed E-state index contributed by atoms with van der Waals surface area (Å²) in [5, 5.41) is 52.1. The van der Waals surface area contributed by atoms with E-state index in [-0.39, 0.29) is 55.7 Å². The van der Waals surface area contributed by atoms with E-state index in [1.165, 1.54) is 12.1 Å². The van der Waals surface area contributed by atoms with Crippen molar-refractivity contribution in [2.75, 3.05) is 0 Å². The van der Waals surface area contributed by atoms with E-state index in [1.807, 2.05) is 0 Å². The number of aromatic hydroxyl groups is 1. The van der Waals surface area contributed by atoms with Crippen LogP contribution in [0, 0.1) is 0 Å². The number of carbonyl (C=O) groups is 2. The minimum absolute atomic E-state index is 0.0380. The lowest BCUT2D eigenvalue weighted by molar-refractivity contribution is 0.0696. The number of hydrogen-bond donors (Lipinski definition) is 5. The van der Waals surface area contributed by atoms with Gasteiger partial charge in [-0.15, -0.1) is 20.4 Å². The molecule has 0 aliphatic carbocycles. The van der Waals surface area contributed by atoms with Gasteiger partial charge in [0.15, 0.2) is 5.69 Å². The summed E-state index contributed by atoms with van der Waals surface area (Å²) in [6.45, 7) is 5.35. The van der Waals surface area contributed by atoms with E-state index >= 15 is 0 Å². The quantitative estimate of drug-likeness (QED) is 0.0796. The maximum absolute atomic E-state index is 12.1. The molecule has 0 fully saturated rings. The third-order valence-electron chi connectivity index (χ3n) is 7.68. The summed E-state index contributed by atoms with van der Waals surface area (Å²) in [6, 6.07) is 10.7.